The van der Waals surface area contributed by atoms with E-state index < -0.39 is 17.5 Å². The van der Waals surface area contributed by atoms with E-state index in [1.54, 1.807) is 20.8 Å². The van der Waals surface area contributed by atoms with Gasteiger partial charge in [-0.2, -0.15) is 5.41 Å². The highest BCUT2D eigenvalue weighted by Gasteiger charge is 2.17. The molecule has 0 heterocycles. The first kappa shape index (κ1) is 18.2. The van der Waals surface area contributed by atoms with Gasteiger partial charge in [0.15, 0.2) is 0 Å². The van der Waals surface area contributed by atoms with E-state index in [9.17, 15) is 9.59 Å². The highest BCUT2D eigenvalue weighted by molar-refractivity contribution is 6.09. The summed E-state index contributed by atoms with van der Waals surface area (Å²) < 4.78 is 9.79. The third-order valence-electron chi connectivity index (χ3n) is 2.65. The van der Waals surface area contributed by atoms with E-state index in [-0.39, 0.29) is 23.5 Å². The Bertz CT molecular complexity index is 669. The summed E-state index contributed by atoms with van der Waals surface area (Å²) in [4.78, 5) is 26.3. The molecule has 0 aliphatic rings. The van der Waals surface area contributed by atoms with Gasteiger partial charge in [-0.1, -0.05) is 6.57 Å². The molecule has 0 bridgehead atoms. The zero-order chi connectivity index (χ0) is 17.6. The van der Waals surface area contributed by atoms with Crippen LogP contribution < -0.4 is 5.32 Å². The number of carbonyl (C=O) groups is 2. The molecule has 1 aromatic rings. The molecule has 0 aromatic heterocycles. The van der Waals surface area contributed by atoms with Gasteiger partial charge in [0.25, 0.3) is 5.84 Å². The fourth-order valence-corrected chi connectivity index (χ4v) is 1.74. The number of benzene rings is 1. The van der Waals surface area contributed by atoms with Gasteiger partial charge in [-0.25, -0.2) is 4.79 Å². The van der Waals surface area contributed by atoms with Crippen LogP contribution in [-0.2, 0) is 14.3 Å². The Morgan fingerprint density at radius 1 is 1.35 bits per heavy atom. The van der Waals surface area contributed by atoms with Gasteiger partial charge < -0.3 is 19.6 Å². The summed E-state index contributed by atoms with van der Waals surface area (Å²) in [6.45, 7) is 12.1. The van der Waals surface area contributed by atoms with E-state index >= 15 is 0 Å². The maximum absolute atomic E-state index is 11.7. The Morgan fingerprint density at radius 3 is 2.52 bits per heavy atom. The van der Waals surface area contributed by atoms with Crippen LogP contribution in [0.15, 0.2) is 18.2 Å². The molecule has 23 heavy (non-hydrogen) atoms. The molecule has 0 aliphatic carbocycles. The Labute approximate surface area is 134 Å². The lowest BCUT2D eigenvalue weighted by Gasteiger charge is -2.20. The molecule has 7 heteroatoms. The van der Waals surface area contributed by atoms with Crippen molar-refractivity contribution in [3.63, 3.8) is 0 Å². The van der Waals surface area contributed by atoms with E-state index in [2.05, 4.69) is 14.9 Å². The molecule has 122 valence electrons. The Balaban J connectivity index is 2.98. The van der Waals surface area contributed by atoms with Crippen LogP contribution in [0.2, 0.25) is 0 Å². The molecular formula is C16H19N3O4. The first-order chi connectivity index (χ1) is 10.7. The van der Waals surface area contributed by atoms with Crippen LogP contribution in [0.4, 0.5) is 5.69 Å². The Hall–Kier alpha value is -2.88. The highest BCUT2D eigenvalue weighted by atomic mass is 16.6. The van der Waals surface area contributed by atoms with Crippen molar-refractivity contribution in [3.05, 3.63) is 40.7 Å². The predicted octanol–water partition coefficient (Wildman–Crippen LogP) is 2.47. The number of methoxy groups -OCH3 is 1. The number of anilines is 1. The predicted molar refractivity (Wildman–Crippen MR) is 85.5 cm³/mol. The monoisotopic (exact) mass is 317 g/mol. The number of carbonyl (C=O) groups excluding carboxylic acids is 2. The van der Waals surface area contributed by atoms with Crippen LogP contribution in [0.5, 0.6) is 0 Å². The van der Waals surface area contributed by atoms with Gasteiger partial charge in [0.1, 0.15) is 12.1 Å². The molecule has 7 nitrogen and oxygen atoms in total. The second-order valence-corrected chi connectivity index (χ2v) is 5.65. The Kier molecular flexibility index (Phi) is 5.85. The molecule has 0 fully saturated rings. The third kappa shape index (κ3) is 5.43. The van der Waals surface area contributed by atoms with E-state index in [0.717, 1.165) is 0 Å². The van der Waals surface area contributed by atoms with Gasteiger partial charge in [-0.3, -0.25) is 4.79 Å². The van der Waals surface area contributed by atoms with Gasteiger partial charge in [-0.05, 0) is 39.0 Å². The fraction of sp³-hybridized carbons (Fsp3) is 0.375. The quantitative estimate of drug-likeness (QED) is 0.377. The molecule has 0 amide bonds. The average molecular weight is 317 g/mol. The van der Waals surface area contributed by atoms with Crippen molar-refractivity contribution in [2.45, 2.75) is 26.4 Å². The smallest absolute Gasteiger partial charge is 0.337 e. The van der Waals surface area contributed by atoms with E-state index in [4.69, 9.17) is 16.7 Å². The number of hydrogen-bond acceptors (Lipinski definition) is 6. The third-order valence-corrected chi connectivity index (χ3v) is 2.65. The van der Waals surface area contributed by atoms with Crippen molar-refractivity contribution in [2.75, 3.05) is 19.0 Å². The minimum absolute atomic E-state index is 0.118. The van der Waals surface area contributed by atoms with Crippen molar-refractivity contribution in [1.82, 2.24) is 0 Å². The Morgan fingerprint density at radius 2 is 2.00 bits per heavy atom. The molecule has 0 radical (unpaired) electrons. The lowest BCUT2D eigenvalue weighted by molar-refractivity contribution is -0.152. The maximum Gasteiger partial charge on any atom is 0.337 e. The summed E-state index contributed by atoms with van der Waals surface area (Å²) in [5.41, 5.74) is 0.231. The summed E-state index contributed by atoms with van der Waals surface area (Å²) in [7, 11) is 1.25. The van der Waals surface area contributed by atoms with Crippen molar-refractivity contribution in [1.29, 1.82) is 5.41 Å². The standard InChI is InChI=1S/C16H19N3O4/c1-16(2,3)23-13(20)9-19-12-7-6-10(15(21)22-5)8-11(12)14(17)18-4/h6-8,17,19H,9H2,1-3,5H3. The van der Waals surface area contributed by atoms with E-state index in [1.165, 1.54) is 25.3 Å². The van der Waals surface area contributed by atoms with Crippen LogP contribution in [-0.4, -0.2) is 37.0 Å². The second-order valence-electron chi connectivity index (χ2n) is 5.65. The summed E-state index contributed by atoms with van der Waals surface area (Å²) in [5, 5.41) is 10.5. The SMILES string of the molecule is [C-]#[N+]C(=N)c1cc(C(=O)OC)ccc1NCC(=O)OC(C)(C)C. The van der Waals surface area contributed by atoms with E-state index in [0.29, 0.717) is 5.69 Å². The number of amidine groups is 1. The molecule has 0 atom stereocenters. The molecule has 0 unspecified atom stereocenters. The largest absolute Gasteiger partial charge is 0.465 e. The number of nitrogens with one attached hydrogen (secondary N) is 2. The number of hydrogen-bond donors (Lipinski definition) is 2. The summed E-state index contributed by atoms with van der Waals surface area (Å²) >= 11 is 0. The molecule has 1 aromatic carbocycles. The topological polar surface area (TPSA) is 92.8 Å². The lowest BCUT2D eigenvalue weighted by atomic mass is 10.1. The lowest BCUT2D eigenvalue weighted by Crippen LogP contribution is -2.28. The van der Waals surface area contributed by atoms with Crippen LogP contribution in [0.25, 0.3) is 4.85 Å². The number of rotatable bonds is 5. The minimum atomic E-state index is -0.598. The zero-order valence-corrected chi connectivity index (χ0v) is 13.5. The normalized spacial score (nSPS) is 10.4. The molecule has 0 spiro atoms. The van der Waals surface area contributed by atoms with E-state index in [1.807, 2.05) is 0 Å². The summed E-state index contributed by atoms with van der Waals surface area (Å²) in [5.74, 6) is -1.37. The van der Waals surface area contributed by atoms with Crippen LogP contribution in [0.1, 0.15) is 36.7 Å². The van der Waals surface area contributed by atoms with Crippen molar-refractivity contribution in [2.24, 2.45) is 0 Å². The van der Waals surface area contributed by atoms with Gasteiger partial charge >= 0.3 is 11.9 Å². The van der Waals surface area contributed by atoms with Crippen molar-refractivity contribution >= 4 is 23.5 Å². The van der Waals surface area contributed by atoms with Gasteiger partial charge in [0.05, 0.1) is 12.7 Å². The van der Waals surface area contributed by atoms with Crippen molar-refractivity contribution < 1.29 is 19.1 Å². The number of esters is 2. The maximum atomic E-state index is 11.7. The molecule has 1 rings (SSSR count). The van der Waals surface area contributed by atoms with Gasteiger partial charge in [-0.15, -0.1) is 0 Å². The first-order valence-electron chi connectivity index (χ1n) is 6.82. The van der Waals surface area contributed by atoms with Gasteiger partial charge in [0, 0.05) is 11.3 Å². The number of nitrogens with zero attached hydrogens (tertiary/aromatic N) is 1. The van der Waals surface area contributed by atoms with Crippen LogP contribution >= 0.6 is 0 Å². The summed E-state index contributed by atoms with van der Waals surface area (Å²) in [6, 6.07) is 4.39. The molecule has 0 aliphatic heterocycles. The van der Waals surface area contributed by atoms with Crippen molar-refractivity contribution in [3.8, 4) is 0 Å². The number of ether oxygens (including phenoxy) is 2. The first-order valence-corrected chi connectivity index (χ1v) is 6.82. The van der Waals surface area contributed by atoms with Crippen LogP contribution in [0, 0.1) is 12.0 Å². The molecular weight excluding hydrogens is 298 g/mol. The molecule has 2 N–H and O–H groups in total. The highest BCUT2D eigenvalue weighted by Crippen LogP contribution is 2.20. The minimum Gasteiger partial charge on any atom is -0.465 e. The van der Waals surface area contributed by atoms with Crippen LogP contribution in [0.3, 0.4) is 0 Å². The molecule has 0 saturated heterocycles. The molecule has 0 saturated carbocycles. The zero-order valence-electron chi connectivity index (χ0n) is 13.5. The second kappa shape index (κ2) is 7.40. The average Bonchev–Trinajstić information content (AvgIpc) is 2.49. The summed E-state index contributed by atoms with van der Waals surface area (Å²) in [6.07, 6.45) is 0. The van der Waals surface area contributed by atoms with Gasteiger partial charge in [0.2, 0.25) is 0 Å². The fourth-order valence-electron chi connectivity index (χ4n) is 1.74.